The van der Waals surface area contributed by atoms with E-state index in [1.807, 2.05) is 45.8 Å². The van der Waals surface area contributed by atoms with Gasteiger partial charge in [0.25, 0.3) is 5.91 Å². The van der Waals surface area contributed by atoms with Gasteiger partial charge in [-0.15, -0.1) is 0 Å². The van der Waals surface area contributed by atoms with E-state index in [4.69, 9.17) is 5.73 Å². The molecule has 1 unspecified atom stereocenters. The largest absolute Gasteiger partial charge is 0.398 e. The third kappa shape index (κ3) is 3.73. The zero-order chi connectivity index (χ0) is 15.4. The smallest absolute Gasteiger partial charge is 0.254 e. The van der Waals surface area contributed by atoms with Gasteiger partial charge in [0.1, 0.15) is 0 Å². The third-order valence-corrected chi connectivity index (χ3v) is 3.61. The van der Waals surface area contributed by atoms with Gasteiger partial charge in [-0.2, -0.15) is 0 Å². The van der Waals surface area contributed by atoms with Gasteiger partial charge in [0, 0.05) is 30.4 Å². The fraction of sp³-hybridized carbons (Fsp3) is 0.562. The van der Waals surface area contributed by atoms with Gasteiger partial charge in [0.2, 0.25) is 0 Å². The van der Waals surface area contributed by atoms with Gasteiger partial charge in [-0.05, 0) is 59.0 Å². The Balaban J connectivity index is 3.05. The van der Waals surface area contributed by atoms with Crippen molar-refractivity contribution < 1.29 is 4.79 Å². The summed E-state index contributed by atoms with van der Waals surface area (Å²) in [6, 6.07) is 3.95. The first kappa shape index (κ1) is 16.5. The molecule has 0 bridgehead atoms. The van der Waals surface area contributed by atoms with Gasteiger partial charge in [-0.25, -0.2) is 0 Å². The second-order valence-electron chi connectivity index (χ2n) is 5.73. The Morgan fingerprint density at radius 2 is 1.85 bits per heavy atom. The van der Waals surface area contributed by atoms with Crippen LogP contribution >= 0.6 is 0 Å². The number of amides is 1. The van der Waals surface area contributed by atoms with Crippen molar-refractivity contribution in [2.45, 2.75) is 33.7 Å². The van der Waals surface area contributed by atoms with E-state index in [0.29, 0.717) is 17.8 Å². The molecule has 0 aliphatic rings. The molecule has 1 atom stereocenters. The zero-order valence-electron chi connectivity index (χ0n) is 13.5. The molecule has 0 fully saturated rings. The fourth-order valence-electron chi connectivity index (χ4n) is 2.54. The molecule has 0 aromatic heterocycles. The highest BCUT2D eigenvalue weighted by Crippen LogP contribution is 2.20. The normalized spacial score (nSPS) is 12.6. The summed E-state index contributed by atoms with van der Waals surface area (Å²) >= 11 is 0. The van der Waals surface area contributed by atoms with E-state index in [2.05, 4.69) is 11.8 Å². The first-order valence-electron chi connectivity index (χ1n) is 7.10. The molecule has 0 aliphatic carbocycles. The fourth-order valence-corrected chi connectivity index (χ4v) is 2.54. The van der Waals surface area contributed by atoms with Crippen molar-refractivity contribution in [1.29, 1.82) is 0 Å². The number of nitrogens with two attached hydrogens (primary N) is 1. The summed E-state index contributed by atoms with van der Waals surface area (Å²) < 4.78 is 0. The van der Waals surface area contributed by atoms with E-state index in [-0.39, 0.29) is 11.9 Å². The topological polar surface area (TPSA) is 49.6 Å². The number of nitrogen functional groups attached to an aromatic ring is 1. The third-order valence-electron chi connectivity index (χ3n) is 3.61. The summed E-state index contributed by atoms with van der Waals surface area (Å²) in [7, 11) is 4.04. The number of anilines is 1. The second-order valence-corrected chi connectivity index (χ2v) is 5.73. The Kier molecular flexibility index (Phi) is 5.57. The Labute approximate surface area is 122 Å². The van der Waals surface area contributed by atoms with Gasteiger partial charge < -0.3 is 15.5 Å². The van der Waals surface area contributed by atoms with E-state index in [1.165, 1.54) is 0 Å². The molecule has 112 valence electrons. The van der Waals surface area contributed by atoms with E-state index in [0.717, 1.165) is 17.7 Å². The molecule has 1 amide bonds. The lowest BCUT2D eigenvalue weighted by Crippen LogP contribution is -2.44. The summed E-state index contributed by atoms with van der Waals surface area (Å²) in [5, 5.41) is 0. The average molecular weight is 277 g/mol. The molecule has 0 saturated heterocycles. The van der Waals surface area contributed by atoms with Crippen molar-refractivity contribution in [2.24, 2.45) is 0 Å². The lowest BCUT2D eigenvalue weighted by molar-refractivity contribution is 0.0678. The van der Waals surface area contributed by atoms with Crippen molar-refractivity contribution in [2.75, 3.05) is 32.9 Å². The molecule has 0 heterocycles. The summed E-state index contributed by atoms with van der Waals surface area (Å²) in [6.07, 6.45) is 0. The molecule has 1 aromatic rings. The van der Waals surface area contributed by atoms with Gasteiger partial charge >= 0.3 is 0 Å². The van der Waals surface area contributed by atoms with Crippen molar-refractivity contribution >= 4 is 11.6 Å². The number of hydrogen-bond donors (Lipinski definition) is 1. The van der Waals surface area contributed by atoms with Crippen LogP contribution in [0.5, 0.6) is 0 Å². The molecule has 4 nitrogen and oxygen atoms in total. The maximum atomic E-state index is 12.7. The first-order chi connectivity index (χ1) is 9.27. The Bertz CT molecular complexity index is 483. The standard InChI is InChI=1S/C16H27N3O/c1-7-19(13(4)10-18(5)6)16(20)14-9-15(17)12(3)8-11(14)2/h8-9,13H,7,10,17H2,1-6H3. The number of hydrogen-bond acceptors (Lipinski definition) is 3. The molecule has 0 spiro atoms. The van der Waals surface area contributed by atoms with Crippen LogP contribution in [0.1, 0.15) is 35.3 Å². The molecule has 0 radical (unpaired) electrons. The molecule has 0 aliphatic heterocycles. The average Bonchev–Trinajstić information content (AvgIpc) is 2.33. The number of carbonyl (C=O) groups is 1. The van der Waals surface area contributed by atoms with Crippen molar-refractivity contribution in [1.82, 2.24) is 9.80 Å². The molecule has 4 heteroatoms. The number of likely N-dealkylation sites (N-methyl/N-ethyl adjacent to an activating group) is 2. The summed E-state index contributed by atoms with van der Waals surface area (Å²) in [4.78, 5) is 16.7. The Hall–Kier alpha value is -1.55. The summed E-state index contributed by atoms with van der Waals surface area (Å²) in [6.45, 7) is 9.55. The predicted molar refractivity (Wildman–Crippen MR) is 85.1 cm³/mol. The Morgan fingerprint density at radius 1 is 1.25 bits per heavy atom. The number of aryl methyl sites for hydroxylation is 2. The predicted octanol–water partition coefficient (Wildman–Crippen LogP) is 2.30. The lowest BCUT2D eigenvalue weighted by Gasteiger charge is -2.30. The van der Waals surface area contributed by atoms with Crippen LogP contribution in [0.25, 0.3) is 0 Å². The van der Waals surface area contributed by atoms with Gasteiger partial charge in [0.05, 0.1) is 0 Å². The van der Waals surface area contributed by atoms with Crippen LogP contribution in [-0.4, -0.2) is 48.9 Å². The minimum atomic E-state index is 0.0612. The van der Waals surface area contributed by atoms with Gasteiger partial charge in [-0.1, -0.05) is 6.07 Å². The molecule has 1 aromatic carbocycles. The second kappa shape index (κ2) is 6.75. The van der Waals surface area contributed by atoms with E-state index in [1.54, 1.807) is 6.07 Å². The number of carbonyl (C=O) groups excluding carboxylic acids is 1. The van der Waals surface area contributed by atoms with Crippen LogP contribution in [0.15, 0.2) is 12.1 Å². The molecule has 20 heavy (non-hydrogen) atoms. The zero-order valence-corrected chi connectivity index (χ0v) is 13.5. The molecular formula is C16H27N3O. The van der Waals surface area contributed by atoms with Gasteiger partial charge in [0.15, 0.2) is 0 Å². The molecule has 1 rings (SSSR count). The number of benzene rings is 1. The summed E-state index contributed by atoms with van der Waals surface area (Å²) in [5.74, 6) is 0.0612. The highest BCUT2D eigenvalue weighted by molar-refractivity contribution is 5.97. The molecule has 2 N–H and O–H groups in total. The van der Waals surface area contributed by atoms with E-state index >= 15 is 0 Å². The first-order valence-corrected chi connectivity index (χ1v) is 7.10. The van der Waals surface area contributed by atoms with Crippen molar-refractivity contribution in [3.63, 3.8) is 0 Å². The van der Waals surface area contributed by atoms with E-state index in [9.17, 15) is 4.79 Å². The van der Waals surface area contributed by atoms with Crippen LogP contribution in [0.2, 0.25) is 0 Å². The SMILES string of the molecule is CCN(C(=O)c1cc(N)c(C)cc1C)C(C)CN(C)C. The highest BCUT2D eigenvalue weighted by Gasteiger charge is 2.22. The maximum absolute atomic E-state index is 12.7. The van der Waals surface area contributed by atoms with Crippen LogP contribution in [0, 0.1) is 13.8 Å². The van der Waals surface area contributed by atoms with Crippen molar-refractivity contribution in [3.8, 4) is 0 Å². The van der Waals surface area contributed by atoms with Crippen molar-refractivity contribution in [3.05, 3.63) is 28.8 Å². The number of rotatable bonds is 5. The maximum Gasteiger partial charge on any atom is 0.254 e. The minimum absolute atomic E-state index is 0.0612. The quantitative estimate of drug-likeness (QED) is 0.840. The molecule has 0 saturated carbocycles. The lowest BCUT2D eigenvalue weighted by atomic mass is 10.0. The monoisotopic (exact) mass is 277 g/mol. The Morgan fingerprint density at radius 3 is 2.35 bits per heavy atom. The van der Waals surface area contributed by atoms with Crippen LogP contribution < -0.4 is 5.73 Å². The number of nitrogens with zero attached hydrogens (tertiary/aromatic N) is 2. The van der Waals surface area contributed by atoms with Gasteiger partial charge in [-0.3, -0.25) is 4.79 Å². The summed E-state index contributed by atoms with van der Waals surface area (Å²) in [5.41, 5.74) is 9.33. The van der Waals surface area contributed by atoms with E-state index < -0.39 is 0 Å². The van der Waals surface area contributed by atoms with Crippen LogP contribution in [0.3, 0.4) is 0 Å². The van der Waals surface area contributed by atoms with Crippen LogP contribution in [0.4, 0.5) is 5.69 Å². The van der Waals surface area contributed by atoms with Crippen LogP contribution in [-0.2, 0) is 0 Å². The molecular weight excluding hydrogens is 250 g/mol. The minimum Gasteiger partial charge on any atom is -0.398 e. The highest BCUT2D eigenvalue weighted by atomic mass is 16.2.